The molecule has 7 nitrogen and oxygen atoms in total. The molecule has 0 spiro atoms. The molecule has 1 aromatic carbocycles. The molecule has 1 atom stereocenters. The normalized spacial score (nSPS) is 11.2. The van der Waals surface area contributed by atoms with E-state index >= 15 is 0 Å². The smallest absolute Gasteiger partial charge is 0.243 e. The van der Waals surface area contributed by atoms with E-state index in [1.54, 1.807) is 24.3 Å². The summed E-state index contributed by atoms with van der Waals surface area (Å²) in [5, 5.41) is 7.99. The van der Waals surface area contributed by atoms with Crippen LogP contribution in [0.15, 0.2) is 24.3 Å². The van der Waals surface area contributed by atoms with Gasteiger partial charge in [-0.15, -0.1) is 12.4 Å². The number of carbonyl (C=O) groups excluding carboxylic acids is 3. The Bertz CT molecular complexity index is 564. The summed E-state index contributed by atoms with van der Waals surface area (Å²) in [7, 11) is 0. The first-order chi connectivity index (χ1) is 10.8. The maximum absolute atomic E-state index is 11.7. The van der Waals surface area contributed by atoms with Crippen molar-refractivity contribution < 1.29 is 14.4 Å². The molecule has 0 aliphatic carbocycles. The predicted octanol–water partition coefficient (Wildman–Crippen LogP) is 0.916. The van der Waals surface area contributed by atoms with Crippen molar-refractivity contribution in [1.29, 1.82) is 0 Å². The lowest BCUT2D eigenvalue weighted by molar-refractivity contribution is -0.127. The summed E-state index contributed by atoms with van der Waals surface area (Å²) in [5.74, 6) is -1.28. The van der Waals surface area contributed by atoms with Crippen LogP contribution in [0.3, 0.4) is 0 Å². The Labute approximate surface area is 152 Å². The Kier molecular flexibility index (Phi) is 10.0. The van der Waals surface area contributed by atoms with E-state index in [1.165, 1.54) is 0 Å². The van der Waals surface area contributed by atoms with Crippen LogP contribution in [-0.2, 0) is 14.4 Å². The van der Waals surface area contributed by atoms with E-state index in [4.69, 9.17) is 17.3 Å². The van der Waals surface area contributed by atoms with E-state index < -0.39 is 17.9 Å². The highest BCUT2D eigenvalue weighted by atomic mass is 35.5. The van der Waals surface area contributed by atoms with Crippen molar-refractivity contribution in [2.45, 2.75) is 19.9 Å². The number of amides is 3. The lowest BCUT2D eigenvalue weighted by Crippen LogP contribution is -2.47. The van der Waals surface area contributed by atoms with Gasteiger partial charge in [0.2, 0.25) is 17.7 Å². The van der Waals surface area contributed by atoms with Gasteiger partial charge in [0.1, 0.15) is 0 Å². The molecule has 9 heteroatoms. The van der Waals surface area contributed by atoms with Gasteiger partial charge in [0.25, 0.3) is 0 Å². The molecular formula is C15H22Cl2N4O3. The average Bonchev–Trinajstić information content (AvgIpc) is 2.51. The van der Waals surface area contributed by atoms with Crippen LogP contribution in [0, 0.1) is 5.92 Å². The zero-order valence-corrected chi connectivity index (χ0v) is 15.0. The van der Waals surface area contributed by atoms with Gasteiger partial charge in [-0.3, -0.25) is 14.4 Å². The van der Waals surface area contributed by atoms with E-state index in [0.29, 0.717) is 10.7 Å². The number of benzene rings is 1. The van der Waals surface area contributed by atoms with Gasteiger partial charge in [0.15, 0.2) is 0 Å². The number of hydrogen-bond donors (Lipinski definition) is 4. The molecule has 0 aromatic heterocycles. The summed E-state index contributed by atoms with van der Waals surface area (Å²) >= 11 is 5.74. The zero-order chi connectivity index (χ0) is 17.4. The van der Waals surface area contributed by atoms with Crippen LogP contribution in [0.4, 0.5) is 5.69 Å². The highest BCUT2D eigenvalue weighted by Gasteiger charge is 2.17. The van der Waals surface area contributed by atoms with Crippen molar-refractivity contribution in [3.8, 4) is 0 Å². The van der Waals surface area contributed by atoms with Crippen molar-refractivity contribution in [2.75, 3.05) is 18.4 Å². The Morgan fingerprint density at radius 2 is 1.58 bits per heavy atom. The number of nitrogens with two attached hydrogens (primary N) is 1. The highest BCUT2D eigenvalue weighted by molar-refractivity contribution is 6.30. The van der Waals surface area contributed by atoms with Crippen LogP contribution < -0.4 is 21.7 Å². The van der Waals surface area contributed by atoms with Gasteiger partial charge in [0.05, 0.1) is 19.1 Å². The average molecular weight is 377 g/mol. The molecule has 5 N–H and O–H groups in total. The molecule has 0 aliphatic rings. The summed E-state index contributed by atoms with van der Waals surface area (Å²) in [4.78, 5) is 34.8. The third-order valence-electron chi connectivity index (χ3n) is 3.02. The number of carbonyl (C=O) groups is 3. The first-order valence-corrected chi connectivity index (χ1v) is 7.52. The summed E-state index contributed by atoms with van der Waals surface area (Å²) in [5.41, 5.74) is 6.22. The van der Waals surface area contributed by atoms with E-state index in [1.807, 2.05) is 13.8 Å². The number of halogens is 2. The van der Waals surface area contributed by atoms with Gasteiger partial charge in [-0.05, 0) is 30.2 Å². The monoisotopic (exact) mass is 376 g/mol. The minimum Gasteiger partial charge on any atom is -0.346 e. The fraction of sp³-hybridized carbons (Fsp3) is 0.400. The maximum Gasteiger partial charge on any atom is 0.243 e. The molecule has 134 valence electrons. The highest BCUT2D eigenvalue weighted by Crippen LogP contribution is 2.12. The van der Waals surface area contributed by atoms with Gasteiger partial charge < -0.3 is 21.7 Å². The molecule has 0 fully saturated rings. The molecule has 0 heterocycles. The van der Waals surface area contributed by atoms with Crippen LogP contribution >= 0.6 is 24.0 Å². The largest absolute Gasteiger partial charge is 0.346 e. The zero-order valence-electron chi connectivity index (χ0n) is 13.5. The van der Waals surface area contributed by atoms with Crippen LogP contribution in [-0.4, -0.2) is 36.9 Å². The Morgan fingerprint density at radius 3 is 2.12 bits per heavy atom. The molecule has 0 saturated heterocycles. The van der Waals surface area contributed by atoms with Crippen molar-refractivity contribution >= 4 is 47.4 Å². The first-order valence-electron chi connectivity index (χ1n) is 7.15. The molecule has 1 aromatic rings. The first kappa shape index (κ1) is 22.2. The minimum atomic E-state index is -0.670. The lowest BCUT2D eigenvalue weighted by Gasteiger charge is -2.15. The summed E-state index contributed by atoms with van der Waals surface area (Å²) < 4.78 is 0. The molecule has 0 radical (unpaired) electrons. The lowest BCUT2D eigenvalue weighted by atomic mass is 10.1. The number of rotatable bonds is 7. The van der Waals surface area contributed by atoms with E-state index in [-0.39, 0.29) is 37.3 Å². The van der Waals surface area contributed by atoms with Crippen LogP contribution in [0.25, 0.3) is 0 Å². The molecule has 24 heavy (non-hydrogen) atoms. The molecular weight excluding hydrogens is 355 g/mol. The van der Waals surface area contributed by atoms with E-state index in [9.17, 15) is 14.4 Å². The van der Waals surface area contributed by atoms with Crippen molar-refractivity contribution in [3.05, 3.63) is 29.3 Å². The third kappa shape index (κ3) is 8.14. The summed E-state index contributed by atoms with van der Waals surface area (Å²) in [6.07, 6.45) is 0. The van der Waals surface area contributed by atoms with E-state index in [0.717, 1.165) is 0 Å². The summed E-state index contributed by atoms with van der Waals surface area (Å²) in [6.45, 7) is 3.19. The summed E-state index contributed by atoms with van der Waals surface area (Å²) in [6, 6.07) is 5.91. The molecule has 1 rings (SSSR count). The van der Waals surface area contributed by atoms with E-state index in [2.05, 4.69) is 16.0 Å². The molecule has 0 bridgehead atoms. The van der Waals surface area contributed by atoms with Crippen LogP contribution in [0.1, 0.15) is 13.8 Å². The van der Waals surface area contributed by atoms with Crippen LogP contribution in [0.2, 0.25) is 5.02 Å². The fourth-order valence-corrected chi connectivity index (χ4v) is 1.69. The molecule has 0 unspecified atom stereocenters. The van der Waals surface area contributed by atoms with Gasteiger partial charge in [-0.2, -0.15) is 0 Å². The molecule has 0 aliphatic heterocycles. The molecule has 3 amide bonds. The number of hydrogen-bond acceptors (Lipinski definition) is 4. The third-order valence-corrected chi connectivity index (χ3v) is 3.27. The number of anilines is 1. The minimum absolute atomic E-state index is 0. The maximum atomic E-state index is 11.7. The van der Waals surface area contributed by atoms with Gasteiger partial charge in [0, 0.05) is 10.7 Å². The Hall–Kier alpha value is -1.83. The van der Waals surface area contributed by atoms with Gasteiger partial charge in [-0.1, -0.05) is 25.4 Å². The standard InChI is InChI=1S/C15H21ClN4O3.ClH/c1-9(2)14(17)15(23)19-7-12(21)18-8-13(22)20-11-5-3-10(16)4-6-11;/h3-6,9,14H,7-8,17H2,1-2H3,(H,18,21)(H,19,23)(H,20,22);1H/t14-;/m0./s1. The van der Waals surface area contributed by atoms with Gasteiger partial charge in [-0.25, -0.2) is 0 Å². The second kappa shape index (κ2) is 10.9. The van der Waals surface area contributed by atoms with Gasteiger partial charge >= 0.3 is 0 Å². The van der Waals surface area contributed by atoms with Crippen LogP contribution in [0.5, 0.6) is 0 Å². The second-order valence-corrected chi connectivity index (χ2v) is 5.76. The van der Waals surface area contributed by atoms with Crippen molar-refractivity contribution in [1.82, 2.24) is 10.6 Å². The number of nitrogens with one attached hydrogen (secondary N) is 3. The second-order valence-electron chi connectivity index (χ2n) is 5.32. The Morgan fingerprint density at radius 1 is 1.04 bits per heavy atom. The van der Waals surface area contributed by atoms with Crippen molar-refractivity contribution in [3.63, 3.8) is 0 Å². The topological polar surface area (TPSA) is 113 Å². The predicted molar refractivity (Wildman–Crippen MR) is 96.2 cm³/mol. The van der Waals surface area contributed by atoms with Crippen molar-refractivity contribution in [2.24, 2.45) is 11.7 Å². The fourth-order valence-electron chi connectivity index (χ4n) is 1.57. The Balaban J connectivity index is 0.00000529. The molecule has 0 saturated carbocycles. The SMILES string of the molecule is CC(C)[C@H](N)C(=O)NCC(=O)NCC(=O)Nc1ccc(Cl)cc1.Cl. The quantitative estimate of drug-likeness (QED) is 0.566.